The van der Waals surface area contributed by atoms with Crippen LogP contribution in [0.4, 0.5) is 0 Å². The molecule has 1 aromatic carbocycles. The first-order valence-corrected chi connectivity index (χ1v) is 5.49. The van der Waals surface area contributed by atoms with Gasteiger partial charge in [0.25, 0.3) is 0 Å². The molecule has 0 aliphatic carbocycles. The minimum absolute atomic E-state index is 0.144. The highest BCUT2D eigenvalue weighted by Crippen LogP contribution is 2.17. The van der Waals surface area contributed by atoms with E-state index in [1.807, 2.05) is 36.4 Å². The summed E-state index contributed by atoms with van der Waals surface area (Å²) in [5.74, 6) is 0.408. The maximum atomic E-state index is 12.0. The number of rotatable bonds is 6. The average Bonchev–Trinajstić information content (AvgIpc) is 2.31. The van der Waals surface area contributed by atoms with E-state index in [1.54, 1.807) is 0 Å². The fourth-order valence-corrected chi connectivity index (χ4v) is 1.68. The van der Waals surface area contributed by atoms with Crippen LogP contribution in [0.3, 0.4) is 0 Å². The van der Waals surface area contributed by atoms with Gasteiger partial charge in [-0.15, -0.1) is 6.58 Å². The first kappa shape index (κ1) is 11.7. The van der Waals surface area contributed by atoms with Crippen LogP contribution in [0.15, 0.2) is 43.0 Å². The fraction of sp³-hybridized carbons (Fsp3) is 0.357. The van der Waals surface area contributed by atoms with Crippen LogP contribution in [0.5, 0.6) is 0 Å². The highest BCUT2D eigenvalue weighted by molar-refractivity contribution is 5.97. The molecule has 0 radical (unpaired) electrons. The maximum Gasteiger partial charge on any atom is 0.165 e. The first-order chi connectivity index (χ1) is 7.29. The van der Waals surface area contributed by atoms with Crippen molar-refractivity contribution < 1.29 is 4.79 Å². The van der Waals surface area contributed by atoms with Crippen LogP contribution in [-0.2, 0) is 0 Å². The monoisotopic (exact) mass is 202 g/mol. The zero-order valence-corrected chi connectivity index (χ0v) is 9.28. The molecule has 0 amide bonds. The van der Waals surface area contributed by atoms with E-state index in [2.05, 4.69) is 13.5 Å². The molecule has 1 aromatic rings. The summed E-state index contributed by atoms with van der Waals surface area (Å²) in [5, 5.41) is 0. The molecule has 1 atom stereocenters. The molecule has 0 aliphatic heterocycles. The molecule has 0 N–H and O–H groups in total. The lowest BCUT2D eigenvalue weighted by Crippen LogP contribution is -2.13. The van der Waals surface area contributed by atoms with E-state index in [-0.39, 0.29) is 11.7 Å². The normalized spacial score (nSPS) is 12.1. The maximum absolute atomic E-state index is 12.0. The summed E-state index contributed by atoms with van der Waals surface area (Å²) >= 11 is 0. The van der Waals surface area contributed by atoms with Crippen molar-refractivity contribution >= 4 is 5.78 Å². The minimum Gasteiger partial charge on any atom is -0.294 e. The molecule has 1 heteroatoms. The Balaban J connectivity index is 2.69. The van der Waals surface area contributed by atoms with Crippen molar-refractivity contribution in [3.63, 3.8) is 0 Å². The highest BCUT2D eigenvalue weighted by atomic mass is 16.1. The van der Waals surface area contributed by atoms with Crippen molar-refractivity contribution in [1.82, 2.24) is 0 Å². The third-order valence-electron chi connectivity index (χ3n) is 2.64. The van der Waals surface area contributed by atoms with E-state index in [1.165, 1.54) is 0 Å². The van der Waals surface area contributed by atoms with Crippen LogP contribution in [0.25, 0.3) is 0 Å². The number of Topliss-reactive ketones (excluding diaryl/α,β-unsaturated/α-hetero) is 1. The summed E-state index contributed by atoms with van der Waals surface area (Å²) in [5.41, 5.74) is 0.827. The Morgan fingerprint density at radius 3 is 2.60 bits per heavy atom. The molecule has 0 aliphatic rings. The zero-order valence-electron chi connectivity index (χ0n) is 9.28. The Morgan fingerprint density at radius 2 is 2.07 bits per heavy atom. The molecule has 0 aromatic heterocycles. The predicted octanol–water partition coefficient (Wildman–Crippen LogP) is 3.86. The molecular formula is C14H18O. The number of carbonyl (C=O) groups excluding carboxylic acids is 1. The molecule has 0 fully saturated rings. The Kier molecular flexibility index (Phi) is 4.82. The van der Waals surface area contributed by atoms with Gasteiger partial charge in [-0.05, 0) is 19.3 Å². The molecular weight excluding hydrogens is 184 g/mol. The van der Waals surface area contributed by atoms with Gasteiger partial charge in [0.2, 0.25) is 0 Å². The summed E-state index contributed by atoms with van der Waals surface area (Å²) < 4.78 is 0. The molecule has 0 bridgehead atoms. The third-order valence-corrected chi connectivity index (χ3v) is 2.64. The molecule has 1 unspecified atom stereocenters. The summed E-state index contributed by atoms with van der Waals surface area (Å²) in [6.45, 7) is 5.75. The Bertz CT molecular complexity index is 313. The minimum atomic E-state index is 0.144. The van der Waals surface area contributed by atoms with Crippen LogP contribution in [0.1, 0.15) is 36.5 Å². The molecule has 0 saturated heterocycles. The van der Waals surface area contributed by atoms with E-state index in [0.717, 1.165) is 24.8 Å². The van der Waals surface area contributed by atoms with Gasteiger partial charge < -0.3 is 0 Å². The van der Waals surface area contributed by atoms with Crippen molar-refractivity contribution in [3.8, 4) is 0 Å². The van der Waals surface area contributed by atoms with Gasteiger partial charge in [0.15, 0.2) is 5.78 Å². The number of hydrogen-bond donors (Lipinski definition) is 0. The molecule has 15 heavy (non-hydrogen) atoms. The number of ketones is 1. The third kappa shape index (κ3) is 3.35. The van der Waals surface area contributed by atoms with Crippen LogP contribution in [0, 0.1) is 5.92 Å². The van der Waals surface area contributed by atoms with Gasteiger partial charge >= 0.3 is 0 Å². The summed E-state index contributed by atoms with van der Waals surface area (Å²) in [6.07, 6.45) is 4.60. The van der Waals surface area contributed by atoms with Gasteiger partial charge in [0.1, 0.15) is 0 Å². The number of carbonyl (C=O) groups is 1. The number of hydrogen-bond acceptors (Lipinski definition) is 1. The predicted molar refractivity (Wildman–Crippen MR) is 64.0 cm³/mol. The SMILES string of the molecule is C=CCCC(CC)C(=O)c1ccccc1. The van der Waals surface area contributed by atoms with E-state index in [9.17, 15) is 4.79 Å². The van der Waals surface area contributed by atoms with Crippen LogP contribution in [0.2, 0.25) is 0 Å². The van der Waals surface area contributed by atoms with Gasteiger partial charge in [-0.1, -0.05) is 43.3 Å². The van der Waals surface area contributed by atoms with Crippen molar-refractivity contribution in [2.24, 2.45) is 5.92 Å². The molecule has 0 saturated carbocycles. The van der Waals surface area contributed by atoms with Crippen molar-refractivity contribution in [2.75, 3.05) is 0 Å². The standard InChI is InChI=1S/C14H18O/c1-3-5-9-12(4-2)14(15)13-10-7-6-8-11-13/h3,6-8,10-12H,1,4-5,9H2,2H3. The van der Waals surface area contributed by atoms with Gasteiger partial charge in [0, 0.05) is 11.5 Å². The van der Waals surface area contributed by atoms with Gasteiger partial charge in [-0.2, -0.15) is 0 Å². The molecule has 1 rings (SSSR count). The van der Waals surface area contributed by atoms with Crippen LogP contribution >= 0.6 is 0 Å². The van der Waals surface area contributed by atoms with E-state index < -0.39 is 0 Å². The smallest absolute Gasteiger partial charge is 0.165 e. The van der Waals surface area contributed by atoms with E-state index in [4.69, 9.17) is 0 Å². The van der Waals surface area contributed by atoms with Crippen LogP contribution < -0.4 is 0 Å². The lowest BCUT2D eigenvalue weighted by atomic mass is 9.91. The largest absolute Gasteiger partial charge is 0.294 e. The zero-order chi connectivity index (χ0) is 11.1. The van der Waals surface area contributed by atoms with Crippen LogP contribution in [-0.4, -0.2) is 5.78 Å². The Hall–Kier alpha value is -1.37. The summed E-state index contributed by atoms with van der Waals surface area (Å²) in [4.78, 5) is 12.0. The Labute approximate surface area is 91.8 Å². The second-order valence-corrected chi connectivity index (χ2v) is 3.70. The fourth-order valence-electron chi connectivity index (χ4n) is 1.68. The van der Waals surface area contributed by atoms with Crippen molar-refractivity contribution in [1.29, 1.82) is 0 Å². The van der Waals surface area contributed by atoms with Crippen molar-refractivity contribution in [3.05, 3.63) is 48.6 Å². The summed E-state index contributed by atoms with van der Waals surface area (Å²) in [7, 11) is 0. The lowest BCUT2D eigenvalue weighted by molar-refractivity contribution is 0.0910. The average molecular weight is 202 g/mol. The Morgan fingerprint density at radius 1 is 1.40 bits per heavy atom. The molecule has 80 valence electrons. The van der Waals surface area contributed by atoms with E-state index in [0.29, 0.717) is 0 Å². The lowest BCUT2D eigenvalue weighted by Gasteiger charge is -2.12. The molecule has 0 heterocycles. The van der Waals surface area contributed by atoms with Crippen molar-refractivity contribution in [2.45, 2.75) is 26.2 Å². The molecule has 1 nitrogen and oxygen atoms in total. The topological polar surface area (TPSA) is 17.1 Å². The van der Waals surface area contributed by atoms with Gasteiger partial charge in [-0.25, -0.2) is 0 Å². The first-order valence-electron chi connectivity index (χ1n) is 5.49. The quantitative estimate of drug-likeness (QED) is 0.505. The number of benzene rings is 1. The summed E-state index contributed by atoms with van der Waals surface area (Å²) in [6, 6.07) is 9.53. The molecule has 0 spiro atoms. The second kappa shape index (κ2) is 6.18. The second-order valence-electron chi connectivity index (χ2n) is 3.70. The van der Waals surface area contributed by atoms with Gasteiger partial charge in [-0.3, -0.25) is 4.79 Å². The van der Waals surface area contributed by atoms with Gasteiger partial charge in [0.05, 0.1) is 0 Å². The van der Waals surface area contributed by atoms with E-state index >= 15 is 0 Å². The number of allylic oxidation sites excluding steroid dienone is 1. The highest BCUT2D eigenvalue weighted by Gasteiger charge is 2.16.